The smallest absolute Gasteiger partial charge is 0.171 e. The molecule has 0 aliphatic carbocycles. The Labute approximate surface area is 103 Å². The number of aryl methyl sites for hydroxylation is 1. The fourth-order valence-electron chi connectivity index (χ4n) is 1.40. The molecule has 0 radical (unpaired) electrons. The van der Waals surface area contributed by atoms with E-state index < -0.39 is 0 Å². The molecule has 0 amide bonds. The van der Waals surface area contributed by atoms with Gasteiger partial charge in [-0.2, -0.15) is 0 Å². The standard InChI is InChI=1S/C12H10ClNOS/c1-8-7-16-12(14-8)6-11(15)9-4-2-3-5-10(9)13/h2-5,7H,6H2,1H3. The van der Waals surface area contributed by atoms with Gasteiger partial charge in [-0.1, -0.05) is 23.7 Å². The maximum atomic E-state index is 11.9. The Morgan fingerprint density at radius 2 is 2.19 bits per heavy atom. The number of ketones is 1. The highest BCUT2D eigenvalue weighted by molar-refractivity contribution is 7.09. The van der Waals surface area contributed by atoms with Gasteiger partial charge in [0.05, 0.1) is 11.4 Å². The number of halogens is 1. The van der Waals surface area contributed by atoms with Gasteiger partial charge in [0.2, 0.25) is 0 Å². The molecule has 4 heteroatoms. The quantitative estimate of drug-likeness (QED) is 0.781. The van der Waals surface area contributed by atoms with Crippen LogP contribution >= 0.6 is 22.9 Å². The first-order valence-corrected chi connectivity index (χ1v) is 6.11. The average Bonchev–Trinajstić information content (AvgIpc) is 2.64. The number of benzene rings is 1. The highest BCUT2D eigenvalue weighted by Crippen LogP contribution is 2.18. The van der Waals surface area contributed by atoms with Gasteiger partial charge in [0.15, 0.2) is 5.78 Å². The third-order valence-electron chi connectivity index (χ3n) is 2.15. The third-order valence-corrected chi connectivity index (χ3v) is 3.45. The zero-order valence-corrected chi connectivity index (χ0v) is 10.3. The van der Waals surface area contributed by atoms with Crippen LogP contribution in [0.15, 0.2) is 29.6 Å². The normalized spacial score (nSPS) is 10.4. The molecule has 0 N–H and O–H groups in total. The lowest BCUT2D eigenvalue weighted by Gasteiger charge is -2.00. The topological polar surface area (TPSA) is 30.0 Å². The van der Waals surface area contributed by atoms with Crippen molar-refractivity contribution in [2.24, 2.45) is 0 Å². The Kier molecular flexibility index (Phi) is 3.36. The zero-order chi connectivity index (χ0) is 11.5. The van der Waals surface area contributed by atoms with Gasteiger partial charge in [-0.3, -0.25) is 4.79 Å². The van der Waals surface area contributed by atoms with Gasteiger partial charge in [-0.15, -0.1) is 11.3 Å². The molecular formula is C12H10ClNOS. The molecule has 2 aromatic rings. The number of hydrogen-bond acceptors (Lipinski definition) is 3. The minimum absolute atomic E-state index is 0.0138. The second-order valence-corrected chi connectivity index (χ2v) is 4.81. The van der Waals surface area contributed by atoms with Crippen LogP contribution in [0.5, 0.6) is 0 Å². The van der Waals surface area contributed by atoms with Crippen molar-refractivity contribution in [2.75, 3.05) is 0 Å². The van der Waals surface area contributed by atoms with Crippen LogP contribution in [-0.2, 0) is 6.42 Å². The Morgan fingerprint density at radius 3 is 2.81 bits per heavy atom. The minimum Gasteiger partial charge on any atom is -0.294 e. The Balaban J connectivity index is 2.18. The summed E-state index contributed by atoms with van der Waals surface area (Å²) in [6, 6.07) is 7.09. The molecule has 82 valence electrons. The minimum atomic E-state index is 0.0138. The third kappa shape index (κ3) is 2.49. The number of carbonyl (C=O) groups excluding carboxylic acids is 1. The summed E-state index contributed by atoms with van der Waals surface area (Å²) in [6.45, 7) is 1.92. The van der Waals surface area contributed by atoms with Crippen molar-refractivity contribution < 1.29 is 4.79 Å². The Morgan fingerprint density at radius 1 is 1.44 bits per heavy atom. The second-order valence-electron chi connectivity index (χ2n) is 3.46. The number of thiazole rings is 1. The lowest BCUT2D eigenvalue weighted by atomic mass is 10.1. The van der Waals surface area contributed by atoms with Gasteiger partial charge in [0.25, 0.3) is 0 Å². The van der Waals surface area contributed by atoms with E-state index >= 15 is 0 Å². The number of rotatable bonds is 3. The van der Waals surface area contributed by atoms with Crippen LogP contribution in [0.1, 0.15) is 21.1 Å². The first-order chi connectivity index (χ1) is 7.66. The van der Waals surface area contributed by atoms with E-state index in [1.165, 1.54) is 11.3 Å². The number of Topliss-reactive ketones (excluding diaryl/α,β-unsaturated/α-hetero) is 1. The molecule has 0 atom stereocenters. The number of hydrogen-bond donors (Lipinski definition) is 0. The molecule has 0 saturated heterocycles. The molecular weight excluding hydrogens is 242 g/mol. The van der Waals surface area contributed by atoms with Gasteiger partial charge >= 0.3 is 0 Å². The maximum Gasteiger partial charge on any atom is 0.171 e. The number of carbonyl (C=O) groups is 1. The van der Waals surface area contributed by atoms with E-state index in [4.69, 9.17) is 11.6 Å². The predicted octanol–water partition coefficient (Wildman–Crippen LogP) is 3.53. The molecule has 0 aliphatic heterocycles. The summed E-state index contributed by atoms with van der Waals surface area (Å²) in [5, 5.41) is 3.28. The van der Waals surface area contributed by atoms with Crippen molar-refractivity contribution in [1.82, 2.24) is 4.98 Å². The molecule has 16 heavy (non-hydrogen) atoms. The van der Waals surface area contributed by atoms with E-state index in [-0.39, 0.29) is 5.78 Å². The summed E-state index contributed by atoms with van der Waals surface area (Å²) in [5.74, 6) is 0.0138. The van der Waals surface area contributed by atoms with Crippen LogP contribution in [-0.4, -0.2) is 10.8 Å². The summed E-state index contributed by atoms with van der Waals surface area (Å²) in [6.07, 6.45) is 0.322. The van der Waals surface area contributed by atoms with E-state index in [1.807, 2.05) is 24.4 Å². The van der Waals surface area contributed by atoms with Crippen molar-refractivity contribution in [3.8, 4) is 0 Å². The van der Waals surface area contributed by atoms with Gasteiger partial charge in [0, 0.05) is 16.6 Å². The van der Waals surface area contributed by atoms with Gasteiger partial charge in [0.1, 0.15) is 5.01 Å². The first-order valence-electron chi connectivity index (χ1n) is 4.85. The highest BCUT2D eigenvalue weighted by atomic mass is 35.5. The molecule has 0 saturated carbocycles. The maximum absolute atomic E-state index is 11.9. The summed E-state index contributed by atoms with van der Waals surface area (Å²) >= 11 is 7.46. The summed E-state index contributed by atoms with van der Waals surface area (Å²) in [7, 11) is 0. The lowest BCUT2D eigenvalue weighted by Crippen LogP contribution is -2.03. The molecule has 1 aromatic carbocycles. The zero-order valence-electron chi connectivity index (χ0n) is 8.74. The van der Waals surface area contributed by atoms with Crippen LogP contribution in [0, 0.1) is 6.92 Å². The van der Waals surface area contributed by atoms with Crippen LogP contribution < -0.4 is 0 Å². The van der Waals surface area contributed by atoms with Crippen LogP contribution in [0.4, 0.5) is 0 Å². The van der Waals surface area contributed by atoms with Crippen molar-refractivity contribution in [2.45, 2.75) is 13.3 Å². The number of nitrogens with zero attached hydrogens (tertiary/aromatic N) is 1. The molecule has 0 unspecified atom stereocenters. The van der Waals surface area contributed by atoms with Crippen molar-refractivity contribution >= 4 is 28.7 Å². The Hall–Kier alpha value is -1.19. The van der Waals surface area contributed by atoms with E-state index in [9.17, 15) is 4.79 Å². The highest BCUT2D eigenvalue weighted by Gasteiger charge is 2.12. The Bertz CT molecular complexity index is 521. The molecule has 1 heterocycles. The SMILES string of the molecule is Cc1csc(CC(=O)c2ccccc2Cl)n1. The van der Waals surface area contributed by atoms with Gasteiger partial charge < -0.3 is 0 Å². The molecule has 1 aromatic heterocycles. The molecule has 2 nitrogen and oxygen atoms in total. The van der Waals surface area contributed by atoms with Crippen molar-refractivity contribution in [3.05, 3.63) is 50.9 Å². The monoisotopic (exact) mass is 251 g/mol. The van der Waals surface area contributed by atoms with Crippen molar-refractivity contribution in [3.63, 3.8) is 0 Å². The summed E-state index contributed by atoms with van der Waals surface area (Å²) in [4.78, 5) is 16.2. The molecule has 0 spiro atoms. The molecule has 0 bridgehead atoms. The van der Waals surface area contributed by atoms with E-state index in [0.717, 1.165) is 10.7 Å². The second kappa shape index (κ2) is 4.76. The van der Waals surface area contributed by atoms with Gasteiger partial charge in [-0.25, -0.2) is 4.98 Å². The van der Waals surface area contributed by atoms with Gasteiger partial charge in [-0.05, 0) is 19.1 Å². The summed E-state index contributed by atoms with van der Waals surface area (Å²) < 4.78 is 0. The molecule has 0 fully saturated rings. The fourth-order valence-corrected chi connectivity index (χ4v) is 2.42. The van der Waals surface area contributed by atoms with Crippen molar-refractivity contribution in [1.29, 1.82) is 0 Å². The lowest BCUT2D eigenvalue weighted by molar-refractivity contribution is 0.0993. The fraction of sp³-hybridized carbons (Fsp3) is 0.167. The first kappa shape index (κ1) is 11.3. The van der Waals surface area contributed by atoms with E-state index in [0.29, 0.717) is 17.0 Å². The largest absolute Gasteiger partial charge is 0.294 e. The molecule has 0 aliphatic rings. The number of aromatic nitrogens is 1. The van der Waals surface area contributed by atoms with Crippen LogP contribution in [0.2, 0.25) is 5.02 Å². The van der Waals surface area contributed by atoms with E-state index in [1.54, 1.807) is 12.1 Å². The molecule has 2 rings (SSSR count). The summed E-state index contributed by atoms with van der Waals surface area (Å²) in [5.41, 5.74) is 1.52. The average molecular weight is 252 g/mol. The van der Waals surface area contributed by atoms with E-state index in [2.05, 4.69) is 4.98 Å². The van der Waals surface area contributed by atoms with Crippen LogP contribution in [0.3, 0.4) is 0 Å². The predicted molar refractivity (Wildman–Crippen MR) is 66.3 cm³/mol. The van der Waals surface area contributed by atoms with Crippen LogP contribution in [0.25, 0.3) is 0 Å².